The monoisotopic (exact) mass is 502 g/mol. The predicted molar refractivity (Wildman–Crippen MR) is 142 cm³/mol. The van der Waals surface area contributed by atoms with Crippen molar-refractivity contribution in [1.29, 1.82) is 0 Å². The van der Waals surface area contributed by atoms with Crippen LogP contribution in [0.25, 0.3) is 11.1 Å². The van der Waals surface area contributed by atoms with Crippen LogP contribution >= 0.6 is 0 Å². The first-order valence-electron chi connectivity index (χ1n) is 14.1. The van der Waals surface area contributed by atoms with Crippen molar-refractivity contribution in [3.8, 4) is 11.1 Å². The van der Waals surface area contributed by atoms with Gasteiger partial charge in [0.05, 0.1) is 11.2 Å². The van der Waals surface area contributed by atoms with Crippen LogP contribution in [0.2, 0.25) is 0 Å². The highest BCUT2D eigenvalue weighted by molar-refractivity contribution is 5.99. The van der Waals surface area contributed by atoms with E-state index in [2.05, 4.69) is 39.5 Å². The topological polar surface area (TPSA) is 101 Å². The summed E-state index contributed by atoms with van der Waals surface area (Å²) in [5, 5.41) is 13.8. The minimum Gasteiger partial charge on any atom is -0.390 e. The Morgan fingerprint density at radius 2 is 1.76 bits per heavy atom. The van der Waals surface area contributed by atoms with Crippen molar-refractivity contribution in [3.63, 3.8) is 0 Å². The van der Waals surface area contributed by atoms with Crippen LogP contribution in [0.1, 0.15) is 73.7 Å². The van der Waals surface area contributed by atoms with E-state index in [9.17, 15) is 9.90 Å². The van der Waals surface area contributed by atoms with Gasteiger partial charge in [-0.1, -0.05) is 24.3 Å². The van der Waals surface area contributed by atoms with Crippen LogP contribution in [0.15, 0.2) is 36.5 Å². The highest BCUT2D eigenvalue weighted by Crippen LogP contribution is 2.59. The molecule has 0 spiro atoms. The number of ether oxygens (including phenoxy) is 1. The van der Waals surface area contributed by atoms with E-state index < -0.39 is 5.60 Å². The Labute approximate surface area is 218 Å². The molecule has 8 rings (SSSR count). The summed E-state index contributed by atoms with van der Waals surface area (Å²) in [6.45, 7) is 4.17. The van der Waals surface area contributed by atoms with E-state index in [0.29, 0.717) is 17.0 Å². The quantitative estimate of drug-likeness (QED) is 0.577. The van der Waals surface area contributed by atoms with Gasteiger partial charge >= 0.3 is 0 Å². The van der Waals surface area contributed by atoms with Crippen molar-refractivity contribution < 1.29 is 14.6 Å². The molecule has 2 atom stereocenters. The van der Waals surface area contributed by atoms with Crippen molar-refractivity contribution in [1.82, 2.24) is 15.2 Å². The van der Waals surface area contributed by atoms with Gasteiger partial charge in [0.25, 0.3) is 5.91 Å². The summed E-state index contributed by atoms with van der Waals surface area (Å²) in [4.78, 5) is 20.4. The molecule has 37 heavy (non-hydrogen) atoms. The maximum atomic E-state index is 13.3. The lowest BCUT2D eigenvalue weighted by atomic mass is 9.63. The number of rotatable bonds is 5. The summed E-state index contributed by atoms with van der Waals surface area (Å²) in [5.74, 6) is 0.871. The Kier molecular flexibility index (Phi) is 5.44. The molecule has 1 amide bonds. The number of nitrogens with two attached hydrogens (primary N) is 1. The fourth-order valence-corrected chi connectivity index (χ4v) is 7.77. The summed E-state index contributed by atoms with van der Waals surface area (Å²) in [6.07, 6.45) is 10.1. The second-order valence-corrected chi connectivity index (χ2v) is 12.5. The number of pyridine rings is 1. The van der Waals surface area contributed by atoms with Crippen molar-refractivity contribution in [2.24, 2.45) is 5.92 Å². The fraction of sp³-hybridized carbons (Fsp3) is 0.600. The molecule has 2 bridgehead atoms. The molecule has 3 heterocycles. The molecule has 2 saturated heterocycles. The number of nitrogens with zero attached hydrogens (tertiary/aromatic N) is 2. The van der Waals surface area contributed by atoms with Gasteiger partial charge in [0.2, 0.25) is 0 Å². The number of aliphatic hydroxyl groups is 1. The van der Waals surface area contributed by atoms with Gasteiger partial charge in [0, 0.05) is 55.1 Å². The number of benzene rings is 1. The zero-order valence-electron chi connectivity index (χ0n) is 21.5. The van der Waals surface area contributed by atoms with E-state index in [0.717, 1.165) is 88.2 Å². The molecule has 7 nitrogen and oxygen atoms in total. The molecule has 7 heteroatoms. The lowest BCUT2D eigenvalue weighted by Crippen LogP contribution is -2.58. The number of nitrogens with one attached hydrogen (secondary N) is 1. The van der Waals surface area contributed by atoms with E-state index >= 15 is 0 Å². The number of piperidine rings is 1. The van der Waals surface area contributed by atoms with Crippen molar-refractivity contribution >= 4 is 11.7 Å². The minimum absolute atomic E-state index is 0.158. The standard InChI is InChI=1S/C30H38N4O3/c31-26-25(27(35)33-28-7-10-29(36,11-8-28)12-9-28)15-21(17-32-26)20-1-3-22(4-2-20)30-16-23(30)18-34(19-30)24-5-13-37-14-6-24/h1-4,15,17,23-24,36H,5-14,16,18-19H2,(H2,31,32)(H,33,35)/t23-,28?,29?,30+/m0/s1. The Balaban J connectivity index is 1.06. The van der Waals surface area contributed by atoms with E-state index in [1.165, 1.54) is 18.5 Å². The molecule has 0 unspecified atom stereocenters. The Hall–Kier alpha value is -2.48. The maximum Gasteiger partial charge on any atom is 0.255 e. The second kappa shape index (κ2) is 8.52. The summed E-state index contributed by atoms with van der Waals surface area (Å²) in [7, 11) is 0. The number of carbonyl (C=O) groups excluding carboxylic acids is 1. The number of hydrogen-bond acceptors (Lipinski definition) is 6. The average Bonchev–Trinajstić information content (AvgIpc) is 3.50. The number of fused-ring (bicyclic) bond motifs is 4. The van der Waals surface area contributed by atoms with Crippen molar-refractivity contribution in [2.45, 2.75) is 80.4 Å². The summed E-state index contributed by atoms with van der Waals surface area (Å²) in [5.41, 5.74) is 9.56. The summed E-state index contributed by atoms with van der Waals surface area (Å²) < 4.78 is 5.57. The number of anilines is 1. The molecule has 2 aromatic rings. The average molecular weight is 503 g/mol. The molecule has 0 radical (unpaired) electrons. The highest BCUT2D eigenvalue weighted by Gasteiger charge is 2.61. The van der Waals surface area contributed by atoms with Gasteiger partial charge in [-0.05, 0) is 80.9 Å². The van der Waals surface area contributed by atoms with Gasteiger partial charge in [0.15, 0.2) is 0 Å². The first-order chi connectivity index (χ1) is 17.9. The molecular weight excluding hydrogens is 464 g/mol. The van der Waals surface area contributed by atoms with Crippen molar-refractivity contribution in [2.75, 3.05) is 32.0 Å². The van der Waals surface area contributed by atoms with Gasteiger partial charge in [-0.3, -0.25) is 9.69 Å². The Morgan fingerprint density at radius 1 is 1.05 bits per heavy atom. The van der Waals surface area contributed by atoms with E-state index in [1.807, 2.05) is 6.07 Å². The van der Waals surface area contributed by atoms with Gasteiger partial charge in [-0.15, -0.1) is 0 Å². The molecule has 4 saturated carbocycles. The van der Waals surface area contributed by atoms with Crippen LogP contribution < -0.4 is 11.1 Å². The van der Waals surface area contributed by atoms with Crippen molar-refractivity contribution in [3.05, 3.63) is 47.7 Å². The fourth-order valence-electron chi connectivity index (χ4n) is 7.77. The number of amides is 1. The molecule has 1 aromatic carbocycles. The summed E-state index contributed by atoms with van der Waals surface area (Å²) >= 11 is 0. The zero-order valence-corrected chi connectivity index (χ0v) is 21.5. The molecular formula is C30H38N4O3. The normalized spacial score (nSPS) is 35.3. The van der Waals surface area contributed by atoms with Crippen LogP contribution in [0.5, 0.6) is 0 Å². The van der Waals surface area contributed by atoms with E-state index in [-0.39, 0.29) is 17.3 Å². The number of nitrogen functional groups attached to an aromatic ring is 1. The molecule has 6 aliphatic rings. The molecule has 196 valence electrons. The third-order valence-corrected chi connectivity index (χ3v) is 10.4. The van der Waals surface area contributed by atoms with E-state index in [1.54, 1.807) is 6.20 Å². The summed E-state index contributed by atoms with van der Waals surface area (Å²) in [6, 6.07) is 11.5. The molecule has 4 aliphatic carbocycles. The SMILES string of the molecule is Nc1ncc(-c2ccc([C@]34C[C@H]3CN(C3CCOCC3)C4)cc2)cc1C(=O)NC12CCC(O)(CC1)CC2. The highest BCUT2D eigenvalue weighted by atomic mass is 16.5. The lowest BCUT2D eigenvalue weighted by Gasteiger charge is -2.51. The number of aromatic nitrogens is 1. The van der Waals surface area contributed by atoms with Crippen LogP contribution in [0.4, 0.5) is 5.82 Å². The van der Waals surface area contributed by atoms with E-state index in [4.69, 9.17) is 10.5 Å². The lowest BCUT2D eigenvalue weighted by molar-refractivity contribution is -0.0702. The largest absolute Gasteiger partial charge is 0.390 e. The number of carbonyl (C=O) groups is 1. The van der Waals surface area contributed by atoms with Gasteiger partial charge in [-0.25, -0.2) is 4.98 Å². The first-order valence-corrected chi connectivity index (χ1v) is 14.1. The van der Waals surface area contributed by atoms with Gasteiger partial charge in [0.1, 0.15) is 5.82 Å². The molecule has 1 aromatic heterocycles. The van der Waals surface area contributed by atoms with Gasteiger partial charge in [-0.2, -0.15) is 0 Å². The number of likely N-dealkylation sites (tertiary alicyclic amines) is 1. The second-order valence-electron chi connectivity index (χ2n) is 12.5. The maximum absolute atomic E-state index is 13.3. The number of hydrogen-bond donors (Lipinski definition) is 3. The predicted octanol–water partition coefficient (Wildman–Crippen LogP) is 3.65. The molecule has 2 aliphatic heterocycles. The Morgan fingerprint density at radius 3 is 2.46 bits per heavy atom. The third kappa shape index (κ3) is 4.06. The van der Waals surface area contributed by atoms with Crippen LogP contribution in [0, 0.1) is 5.92 Å². The van der Waals surface area contributed by atoms with Gasteiger partial charge < -0.3 is 20.9 Å². The zero-order chi connectivity index (χ0) is 25.3. The third-order valence-electron chi connectivity index (χ3n) is 10.4. The smallest absolute Gasteiger partial charge is 0.255 e. The van der Waals surface area contributed by atoms with Crippen LogP contribution in [-0.4, -0.2) is 64.4 Å². The molecule has 4 N–H and O–H groups in total. The Bertz CT molecular complexity index is 1180. The van der Waals surface area contributed by atoms with Crippen LogP contribution in [0.3, 0.4) is 0 Å². The first kappa shape index (κ1) is 23.6. The molecule has 6 fully saturated rings. The van der Waals surface area contributed by atoms with Crippen LogP contribution in [-0.2, 0) is 10.2 Å². The minimum atomic E-state index is -0.527.